The predicted molar refractivity (Wildman–Crippen MR) is 109 cm³/mol. The lowest BCUT2D eigenvalue weighted by atomic mass is 10.1. The third-order valence-corrected chi connectivity index (χ3v) is 5.03. The monoisotopic (exact) mass is 394 g/mol. The molecule has 142 valence electrons. The largest absolute Gasteiger partial charge is 0.339 e. The van der Waals surface area contributed by atoms with Gasteiger partial charge in [-0.1, -0.05) is 0 Å². The van der Waals surface area contributed by atoms with E-state index in [1.165, 1.54) is 11.3 Å². The quantitative estimate of drug-likeness (QED) is 0.458. The zero-order valence-corrected chi connectivity index (χ0v) is 16.3. The first kappa shape index (κ1) is 17.9. The molecule has 2 amide bonds. The molecule has 0 radical (unpaired) electrons. The maximum Gasteiger partial charge on any atom is 0.339 e. The Morgan fingerprint density at radius 2 is 1.93 bits per heavy atom. The molecule has 0 atom stereocenters. The summed E-state index contributed by atoms with van der Waals surface area (Å²) in [7, 11) is 1.84. The van der Waals surface area contributed by atoms with Crippen LogP contribution in [0.4, 0.5) is 16.4 Å². The van der Waals surface area contributed by atoms with Gasteiger partial charge < -0.3 is 0 Å². The summed E-state index contributed by atoms with van der Waals surface area (Å²) in [6, 6.07) is 5.16. The highest BCUT2D eigenvalue weighted by Crippen LogP contribution is 2.25. The summed E-state index contributed by atoms with van der Waals surface area (Å²) >= 11 is 1.44. The lowest BCUT2D eigenvalue weighted by molar-refractivity contribution is 0.253. The standard InChI is InChI=1S/C18H18N8OS/c1-10-8-13(20-16-15(10)11(2)25-26(16)3)23-24-18(27)22-14-9-28-17(21-14)12-4-6-19-7-5-12/h4-9H,1-3H3,(H,20,23)(H2,22,24,27). The van der Waals surface area contributed by atoms with Gasteiger partial charge in [-0.15, -0.1) is 11.3 Å². The van der Waals surface area contributed by atoms with E-state index in [1.54, 1.807) is 22.5 Å². The fraction of sp³-hybridized carbons (Fsp3) is 0.167. The number of carbonyl (C=O) groups excluding carboxylic acids is 1. The summed E-state index contributed by atoms with van der Waals surface area (Å²) in [5, 5.41) is 10.7. The molecule has 0 saturated carbocycles. The van der Waals surface area contributed by atoms with Crippen molar-refractivity contribution in [3.8, 4) is 10.6 Å². The molecule has 4 heterocycles. The van der Waals surface area contributed by atoms with Crippen molar-refractivity contribution < 1.29 is 4.79 Å². The number of carbonyl (C=O) groups is 1. The van der Waals surface area contributed by atoms with Gasteiger partial charge in [0.15, 0.2) is 5.65 Å². The summed E-state index contributed by atoms with van der Waals surface area (Å²) in [4.78, 5) is 25.1. The van der Waals surface area contributed by atoms with Crippen molar-refractivity contribution in [3.05, 3.63) is 47.2 Å². The minimum absolute atomic E-state index is 0.438. The summed E-state index contributed by atoms with van der Waals surface area (Å²) in [6.45, 7) is 3.93. The van der Waals surface area contributed by atoms with Crippen LogP contribution in [0.3, 0.4) is 0 Å². The number of nitrogens with one attached hydrogen (secondary N) is 3. The van der Waals surface area contributed by atoms with Gasteiger partial charge >= 0.3 is 6.03 Å². The molecular weight excluding hydrogens is 376 g/mol. The van der Waals surface area contributed by atoms with Crippen molar-refractivity contribution in [3.63, 3.8) is 0 Å². The zero-order chi connectivity index (χ0) is 19.7. The first-order valence-electron chi connectivity index (χ1n) is 8.51. The molecule has 0 aliphatic rings. The second kappa shape index (κ2) is 7.24. The number of hydrazine groups is 1. The Hall–Kier alpha value is -3.53. The lowest BCUT2D eigenvalue weighted by Crippen LogP contribution is -2.34. The van der Waals surface area contributed by atoms with E-state index in [-0.39, 0.29) is 0 Å². The van der Waals surface area contributed by atoms with Crippen LogP contribution in [0.25, 0.3) is 21.6 Å². The number of aromatic nitrogens is 5. The van der Waals surface area contributed by atoms with Gasteiger partial charge in [0.2, 0.25) is 0 Å². The number of hydrogen-bond donors (Lipinski definition) is 3. The Bertz CT molecular complexity index is 1150. The van der Waals surface area contributed by atoms with Crippen LogP contribution in [0.1, 0.15) is 11.3 Å². The third kappa shape index (κ3) is 3.49. The van der Waals surface area contributed by atoms with Crippen LogP contribution in [0.5, 0.6) is 0 Å². The fourth-order valence-corrected chi connectivity index (χ4v) is 3.71. The van der Waals surface area contributed by atoms with Gasteiger partial charge in [-0.25, -0.2) is 20.2 Å². The number of rotatable bonds is 4. The van der Waals surface area contributed by atoms with E-state index in [2.05, 4.69) is 36.2 Å². The molecule has 0 fully saturated rings. The smallest absolute Gasteiger partial charge is 0.290 e. The second-order valence-electron chi connectivity index (χ2n) is 6.21. The van der Waals surface area contributed by atoms with E-state index in [9.17, 15) is 4.79 Å². The van der Waals surface area contributed by atoms with E-state index in [1.807, 2.05) is 39.1 Å². The van der Waals surface area contributed by atoms with Gasteiger partial charge in [-0.2, -0.15) is 5.10 Å². The van der Waals surface area contributed by atoms with Gasteiger partial charge in [0.25, 0.3) is 0 Å². The molecule has 0 aliphatic heterocycles. The van der Waals surface area contributed by atoms with Gasteiger partial charge in [0.05, 0.1) is 5.69 Å². The maximum absolute atomic E-state index is 12.2. The highest BCUT2D eigenvalue weighted by molar-refractivity contribution is 7.13. The molecule has 9 nitrogen and oxygen atoms in total. The Morgan fingerprint density at radius 1 is 1.14 bits per heavy atom. The molecule has 0 aliphatic carbocycles. The van der Waals surface area contributed by atoms with Crippen molar-refractivity contribution in [2.75, 3.05) is 10.7 Å². The van der Waals surface area contributed by atoms with Crippen molar-refractivity contribution in [2.45, 2.75) is 13.8 Å². The molecule has 0 bridgehead atoms. The normalized spacial score (nSPS) is 10.8. The van der Waals surface area contributed by atoms with Crippen molar-refractivity contribution in [1.82, 2.24) is 30.2 Å². The molecule has 4 aromatic heterocycles. The highest BCUT2D eigenvalue weighted by Gasteiger charge is 2.12. The first-order chi connectivity index (χ1) is 13.5. The molecule has 3 N–H and O–H groups in total. The van der Waals surface area contributed by atoms with Crippen molar-refractivity contribution in [1.29, 1.82) is 0 Å². The molecular formula is C18H18N8OS. The van der Waals surface area contributed by atoms with Crippen LogP contribution in [-0.4, -0.2) is 30.8 Å². The Kier molecular flexibility index (Phi) is 4.62. The number of pyridine rings is 2. The number of aryl methyl sites for hydroxylation is 3. The molecule has 0 saturated heterocycles. The van der Waals surface area contributed by atoms with Crippen LogP contribution in [-0.2, 0) is 7.05 Å². The average molecular weight is 394 g/mol. The minimum atomic E-state index is -0.438. The van der Waals surface area contributed by atoms with Gasteiger partial charge in [0, 0.05) is 35.8 Å². The van der Waals surface area contributed by atoms with Crippen molar-refractivity contribution >= 4 is 40.0 Å². The fourth-order valence-electron chi connectivity index (χ4n) is 2.95. The van der Waals surface area contributed by atoms with Crippen LogP contribution in [0.2, 0.25) is 0 Å². The minimum Gasteiger partial charge on any atom is -0.290 e. The van der Waals surface area contributed by atoms with Crippen LogP contribution >= 0.6 is 11.3 Å². The second-order valence-corrected chi connectivity index (χ2v) is 7.07. The maximum atomic E-state index is 12.2. The molecule has 4 aromatic rings. The lowest BCUT2D eigenvalue weighted by Gasteiger charge is -2.09. The van der Waals surface area contributed by atoms with Gasteiger partial charge in [-0.05, 0) is 37.6 Å². The summed E-state index contributed by atoms with van der Waals surface area (Å²) in [5.74, 6) is 0.997. The van der Waals surface area contributed by atoms with Gasteiger partial charge in [-0.3, -0.25) is 20.4 Å². The number of fused-ring (bicyclic) bond motifs is 1. The van der Waals surface area contributed by atoms with Crippen molar-refractivity contribution in [2.24, 2.45) is 7.05 Å². The van der Waals surface area contributed by atoms with Gasteiger partial charge in [0.1, 0.15) is 16.6 Å². The summed E-state index contributed by atoms with van der Waals surface area (Å²) in [6.07, 6.45) is 3.41. The highest BCUT2D eigenvalue weighted by atomic mass is 32.1. The summed E-state index contributed by atoms with van der Waals surface area (Å²) in [5.41, 5.74) is 9.06. The summed E-state index contributed by atoms with van der Waals surface area (Å²) < 4.78 is 1.72. The number of urea groups is 1. The van der Waals surface area contributed by atoms with E-state index in [4.69, 9.17) is 0 Å². The molecule has 28 heavy (non-hydrogen) atoms. The Morgan fingerprint density at radius 3 is 2.71 bits per heavy atom. The number of nitrogens with zero attached hydrogens (tertiary/aromatic N) is 5. The van der Waals surface area contributed by atoms with E-state index in [0.717, 1.165) is 32.9 Å². The Labute approximate surface area is 164 Å². The topological polar surface area (TPSA) is 110 Å². The number of hydrogen-bond acceptors (Lipinski definition) is 7. The van der Waals surface area contributed by atoms with Crippen LogP contribution < -0.4 is 16.2 Å². The van der Waals surface area contributed by atoms with E-state index < -0.39 is 6.03 Å². The number of amides is 2. The average Bonchev–Trinajstić information content (AvgIpc) is 3.25. The molecule has 0 unspecified atom stereocenters. The number of anilines is 2. The van der Waals surface area contributed by atoms with E-state index in [0.29, 0.717) is 11.6 Å². The Balaban J connectivity index is 1.42. The molecule has 10 heteroatoms. The number of thiazole rings is 1. The molecule has 0 aromatic carbocycles. The first-order valence-corrected chi connectivity index (χ1v) is 9.39. The zero-order valence-electron chi connectivity index (χ0n) is 15.5. The van der Waals surface area contributed by atoms with E-state index >= 15 is 0 Å². The predicted octanol–water partition coefficient (Wildman–Crippen LogP) is 3.25. The van der Waals surface area contributed by atoms with Crippen LogP contribution in [0.15, 0.2) is 36.0 Å². The third-order valence-electron chi connectivity index (χ3n) is 4.14. The van der Waals surface area contributed by atoms with Crippen LogP contribution in [0, 0.1) is 13.8 Å². The SMILES string of the molecule is Cc1cc(NNC(=O)Nc2csc(-c3ccncc3)n2)nc2c1c(C)nn2C. The molecule has 0 spiro atoms. The molecule has 4 rings (SSSR count).